The van der Waals surface area contributed by atoms with Crippen molar-refractivity contribution in [1.82, 2.24) is 0 Å². The molecule has 61 heavy (non-hydrogen) atoms. The van der Waals surface area contributed by atoms with Crippen molar-refractivity contribution < 1.29 is 77.5 Å². The van der Waals surface area contributed by atoms with Crippen molar-refractivity contribution in [2.75, 3.05) is 7.11 Å². The summed E-state index contributed by atoms with van der Waals surface area (Å²) < 4.78 is 47.6. The highest BCUT2D eigenvalue weighted by molar-refractivity contribution is 5.84. The highest BCUT2D eigenvalue weighted by atomic mass is 16.7. The van der Waals surface area contributed by atoms with Gasteiger partial charge in [0, 0.05) is 56.6 Å². The second kappa shape index (κ2) is 21.0. The molecule has 4 aliphatic heterocycles. The van der Waals surface area contributed by atoms with E-state index in [0.717, 1.165) is 18.9 Å². The van der Waals surface area contributed by atoms with Crippen molar-refractivity contribution in [3.05, 3.63) is 59.9 Å². The van der Waals surface area contributed by atoms with Crippen molar-refractivity contribution >= 4 is 23.9 Å². The molecule has 0 saturated carbocycles. The van der Waals surface area contributed by atoms with Crippen molar-refractivity contribution in [3.63, 3.8) is 0 Å². The molecule has 3 fully saturated rings. The molecule has 16 heteroatoms. The summed E-state index contributed by atoms with van der Waals surface area (Å²) in [4.78, 5) is 51.8. The van der Waals surface area contributed by atoms with Crippen LogP contribution in [-0.4, -0.2) is 118 Å². The van der Waals surface area contributed by atoms with Crippen molar-refractivity contribution in [2.24, 2.45) is 10.8 Å². The molecule has 11 atom stereocenters. The first-order chi connectivity index (χ1) is 28.6. The number of unbranched alkanes of at least 4 members (excludes halogenated alkanes) is 1. The molecule has 342 valence electrons. The summed E-state index contributed by atoms with van der Waals surface area (Å²) in [5.74, 6) is -6.99. The van der Waals surface area contributed by atoms with E-state index >= 15 is 0 Å². The zero-order valence-electron chi connectivity index (χ0n) is 36.9. The normalized spacial score (nSPS) is 37.0. The van der Waals surface area contributed by atoms with Crippen molar-refractivity contribution in [1.29, 1.82) is 0 Å². The zero-order valence-corrected chi connectivity index (χ0v) is 36.9. The van der Waals surface area contributed by atoms with Gasteiger partial charge in [-0.15, -0.1) is 0 Å². The zero-order chi connectivity index (χ0) is 45.3. The summed E-state index contributed by atoms with van der Waals surface area (Å²) in [6.45, 7) is 13.1. The lowest BCUT2D eigenvalue weighted by atomic mass is 9.70. The molecule has 3 saturated heterocycles. The van der Waals surface area contributed by atoms with E-state index in [-0.39, 0.29) is 44.1 Å². The molecule has 4 N–H and O–H groups in total. The summed E-state index contributed by atoms with van der Waals surface area (Å²) in [6, 6.07) is 0. The van der Waals surface area contributed by atoms with Gasteiger partial charge in [0.1, 0.15) is 12.2 Å². The number of carbonyl (C=O) groups excluding carboxylic acids is 4. The molecule has 4 aliphatic rings. The lowest BCUT2D eigenvalue weighted by Crippen LogP contribution is -2.62. The van der Waals surface area contributed by atoms with E-state index in [1.165, 1.54) is 39.2 Å². The van der Waals surface area contributed by atoms with Crippen LogP contribution in [0.1, 0.15) is 113 Å². The molecule has 0 unspecified atom stereocenters. The predicted octanol–water partition coefficient (Wildman–Crippen LogP) is 4.67. The number of methoxy groups -OCH3 is 1. The summed E-state index contributed by atoms with van der Waals surface area (Å²) in [6.07, 6.45) is 3.06. The quantitative estimate of drug-likeness (QED) is 0.0856. The van der Waals surface area contributed by atoms with Gasteiger partial charge in [-0.05, 0) is 44.4 Å². The van der Waals surface area contributed by atoms with Gasteiger partial charge in [0.05, 0.1) is 55.2 Å². The number of allylic oxidation sites excluding steroid dienone is 4. The number of cyclic esters (lactones) is 1. The largest absolute Gasteiger partial charge is 0.466 e. The fraction of sp³-hybridized carbons (Fsp3) is 0.689. The molecule has 0 aromatic rings. The van der Waals surface area contributed by atoms with E-state index in [0.29, 0.717) is 5.76 Å². The first-order valence-corrected chi connectivity index (χ1v) is 21.1. The van der Waals surface area contributed by atoms with Gasteiger partial charge in [0.15, 0.2) is 11.9 Å². The summed E-state index contributed by atoms with van der Waals surface area (Å²) >= 11 is 0. The Morgan fingerprint density at radius 3 is 2.31 bits per heavy atom. The molecule has 16 nitrogen and oxygen atoms in total. The predicted molar refractivity (Wildman–Crippen MR) is 218 cm³/mol. The van der Waals surface area contributed by atoms with Gasteiger partial charge in [0.2, 0.25) is 12.1 Å². The van der Waals surface area contributed by atoms with Gasteiger partial charge >= 0.3 is 23.9 Å². The Bertz CT molecular complexity index is 1710. The number of carbonyl (C=O) groups is 4. The maximum atomic E-state index is 13.4. The van der Waals surface area contributed by atoms with Crippen molar-refractivity contribution in [2.45, 2.75) is 180 Å². The van der Waals surface area contributed by atoms with Crippen LogP contribution >= 0.6 is 0 Å². The van der Waals surface area contributed by atoms with Crippen LogP contribution in [0.5, 0.6) is 0 Å². The average Bonchev–Trinajstić information content (AvgIpc) is 3.16. The number of ether oxygens (including phenoxy) is 8. The minimum atomic E-state index is -2.44. The number of aliphatic hydroxyl groups excluding tert-OH is 2. The summed E-state index contributed by atoms with van der Waals surface area (Å²) in [5, 5.41) is 47.3. The Hall–Kier alpha value is -3.90. The Kier molecular flexibility index (Phi) is 17.1. The smallest absolute Gasteiger partial charge is 0.331 e. The van der Waals surface area contributed by atoms with Crippen LogP contribution in [0.3, 0.4) is 0 Å². The standard InChI is InChI=1S/C45H66O16/c1-10-12-13-14-15-16-37(49)59-41-29(20-38(50)54-9)19-32-24-35(27(3)46)58-39(51)22-30(48)21-33-25-36(55-28(4)47)43(7,8)44(52,60-33)26-34-23-31(11-2)56-40(57-34)17-18-42(5,6)45(41,53)61-32/h11,13-18,20,27,30,32-36,40-41,46,48,52-53H,10,12,19,21-26H2,1-9H3/b14-13+,16-15+,18-17+,29-20+,31-11-/t27-,30-,32+,33-,34+,35-,36+,40+,41+,44+,45-/m1/s1. The molecule has 6 bridgehead atoms. The van der Waals surface area contributed by atoms with Gasteiger partial charge < -0.3 is 58.3 Å². The maximum Gasteiger partial charge on any atom is 0.331 e. The molecule has 0 radical (unpaired) electrons. The molecule has 4 rings (SSSR count). The Morgan fingerprint density at radius 1 is 0.951 bits per heavy atom. The highest BCUT2D eigenvalue weighted by Crippen LogP contribution is 2.50. The van der Waals surface area contributed by atoms with E-state index in [9.17, 15) is 39.6 Å². The van der Waals surface area contributed by atoms with Crippen LogP contribution in [0, 0.1) is 10.8 Å². The van der Waals surface area contributed by atoms with Gasteiger partial charge in [-0.25, -0.2) is 9.59 Å². The number of esters is 4. The van der Waals surface area contributed by atoms with Crippen LogP contribution in [0.4, 0.5) is 0 Å². The monoisotopic (exact) mass is 862 g/mol. The van der Waals surface area contributed by atoms with E-state index in [1.54, 1.807) is 52.8 Å². The van der Waals surface area contributed by atoms with Crippen LogP contribution in [0.2, 0.25) is 0 Å². The van der Waals surface area contributed by atoms with Crippen molar-refractivity contribution in [3.8, 4) is 0 Å². The van der Waals surface area contributed by atoms with Gasteiger partial charge in [-0.3, -0.25) is 9.59 Å². The van der Waals surface area contributed by atoms with Crippen LogP contribution in [-0.2, 0) is 57.1 Å². The molecule has 0 aromatic heterocycles. The summed E-state index contributed by atoms with van der Waals surface area (Å²) in [5.41, 5.74) is -2.56. The minimum absolute atomic E-state index is 0.110. The van der Waals surface area contributed by atoms with Crippen LogP contribution in [0.25, 0.3) is 0 Å². The number of hydrogen-bond donors (Lipinski definition) is 4. The molecular formula is C45H66O16. The Labute approximate surface area is 358 Å². The number of fused-ring (bicyclic) bond motifs is 6. The fourth-order valence-corrected chi connectivity index (χ4v) is 8.07. The van der Waals surface area contributed by atoms with Gasteiger partial charge in [-0.1, -0.05) is 65.3 Å². The number of hydrogen-bond acceptors (Lipinski definition) is 16. The van der Waals surface area contributed by atoms with Gasteiger partial charge in [0.25, 0.3) is 0 Å². The number of rotatable bonds is 8. The second-order valence-electron chi connectivity index (χ2n) is 17.4. The third-order valence-corrected chi connectivity index (χ3v) is 11.8. The lowest BCUT2D eigenvalue weighted by molar-refractivity contribution is -0.351. The van der Waals surface area contributed by atoms with Crippen LogP contribution < -0.4 is 0 Å². The molecule has 0 amide bonds. The van der Waals surface area contributed by atoms with E-state index in [1.807, 2.05) is 13.0 Å². The highest BCUT2D eigenvalue weighted by Gasteiger charge is 2.59. The van der Waals surface area contributed by atoms with Gasteiger partial charge in [-0.2, -0.15) is 0 Å². The van der Waals surface area contributed by atoms with E-state index in [2.05, 4.69) is 0 Å². The SMILES string of the molecule is C/C=C1/C[C@H]2C[C@]3(O)O[C@H](C[C@@H](O)CC(=O)O[C@@H]([C@@H](C)O)C[C@@H]4C/C(=C\C(=O)OC)[C@H](OC(=O)/C=C/C=C/CCC)[C@@](O)(O4)C(C)(C)/C=C/[C@@H](O1)O2)C[C@H](OC(C)=O)C3(C)C. The van der Waals surface area contributed by atoms with E-state index in [4.69, 9.17) is 37.9 Å². The summed E-state index contributed by atoms with van der Waals surface area (Å²) in [7, 11) is 1.17. The second-order valence-corrected chi connectivity index (χ2v) is 17.4. The lowest BCUT2D eigenvalue weighted by Gasteiger charge is -2.53. The molecule has 0 aliphatic carbocycles. The van der Waals surface area contributed by atoms with E-state index < -0.39 is 108 Å². The third-order valence-electron chi connectivity index (χ3n) is 11.8. The fourth-order valence-electron chi connectivity index (χ4n) is 8.07. The Balaban J connectivity index is 1.84. The minimum Gasteiger partial charge on any atom is -0.466 e. The average molecular weight is 863 g/mol. The maximum absolute atomic E-state index is 13.4. The topological polar surface area (TPSA) is 223 Å². The Morgan fingerprint density at radius 2 is 1.67 bits per heavy atom. The molecule has 0 spiro atoms. The molecular weight excluding hydrogens is 796 g/mol. The molecule has 4 heterocycles. The third kappa shape index (κ3) is 12.6. The first kappa shape index (κ1) is 49.8. The van der Waals surface area contributed by atoms with Crippen LogP contribution in [0.15, 0.2) is 59.9 Å². The number of aliphatic hydroxyl groups is 4. The first-order valence-electron chi connectivity index (χ1n) is 21.1. The molecule has 0 aromatic carbocycles.